The minimum atomic E-state index is -0.755. The number of pyridine rings is 1. The zero-order valence-corrected chi connectivity index (χ0v) is 21.6. The molecular formula is C30H36N2O5. The van der Waals surface area contributed by atoms with Gasteiger partial charge in [-0.25, -0.2) is 0 Å². The van der Waals surface area contributed by atoms with Gasteiger partial charge in [0, 0.05) is 25.2 Å². The highest BCUT2D eigenvalue weighted by Gasteiger charge is 2.33. The molecule has 2 aromatic carbocycles. The summed E-state index contributed by atoms with van der Waals surface area (Å²) in [5, 5.41) is 18.6. The number of rotatable bonds is 12. The van der Waals surface area contributed by atoms with E-state index in [4.69, 9.17) is 14.6 Å². The van der Waals surface area contributed by atoms with Crippen molar-refractivity contribution in [1.82, 2.24) is 9.88 Å². The molecule has 1 unspecified atom stereocenters. The first kappa shape index (κ1) is 26.6. The van der Waals surface area contributed by atoms with Crippen molar-refractivity contribution >= 4 is 5.91 Å². The Hall–Kier alpha value is -3.42. The van der Waals surface area contributed by atoms with E-state index in [1.54, 1.807) is 24.3 Å². The Labute approximate surface area is 218 Å². The van der Waals surface area contributed by atoms with Gasteiger partial charge >= 0.3 is 0 Å². The van der Waals surface area contributed by atoms with E-state index in [-0.39, 0.29) is 18.4 Å². The quantitative estimate of drug-likeness (QED) is 0.385. The highest BCUT2D eigenvalue weighted by Crippen LogP contribution is 2.35. The minimum absolute atomic E-state index is 0.0994. The van der Waals surface area contributed by atoms with Gasteiger partial charge in [-0.3, -0.25) is 9.78 Å². The Kier molecular flexibility index (Phi) is 9.14. The SMILES string of the molecule is CCCc1ccc(COc2ccc(C3CN(C(=O)c4cc(CCC(O)CO)ccn4)C3)cc2OC)cc1. The summed E-state index contributed by atoms with van der Waals surface area (Å²) in [5.41, 5.74) is 4.87. The fraction of sp³-hybridized carbons (Fsp3) is 0.400. The number of aryl methyl sites for hydroxylation is 2. The Balaban J connectivity index is 1.32. The lowest BCUT2D eigenvalue weighted by molar-refractivity contribution is 0.0595. The molecule has 0 radical (unpaired) electrons. The van der Waals surface area contributed by atoms with Crippen LogP contribution >= 0.6 is 0 Å². The van der Waals surface area contributed by atoms with Gasteiger partial charge in [0.25, 0.3) is 5.91 Å². The summed E-state index contributed by atoms with van der Waals surface area (Å²) in [7, 11) is 1.64. The molecule has 0 saturated carbocycles. The maximum atomic E-state index is 12.9. The summed E-state index contributed by atoms with van der Waals surface area (Å²) < 4.78 is 11.6. The molecule has 2 N–H and O–H groups in total. The second-order valence-corrected chi connectivity index (χ2v) is 9.60. The van der Waals surface area contributed by atoms with Crippen molar-refractivity contribution in [3.63, 3.8) is 0 Å². The molecule has 2 heterocycles. The lowest BCUT2D eigenvalue weighted by Crippen LogP contribution is -2.48. The number of nitrogens with zero attached hydrogens (tertiary/aromatic N) is 2. The van der Waals surface area contributed by atoms with Crippen molar-refractivity contribution in [3.05, 3.63) is 88.7 Å². The number of ether oxygens (including phenoxy) is 2. The van der Waals surface area contributed by atoms with E-state index in [2.05, 4.69) is 36.2 Å². The summed E-state index contributed by atoms with van der Waals surface area (Å²) in [6, 6.07) is 18.1. The number of aromatic nitrogens is 1. The standard InChI is InChI=1S/C30H36N2O5/c1-3-4-21-5-7-23(8-6-21)20-37-28-12-10-24(16-29(28)36-2)25-17-32(18-25)30(35)27-15-22(13-14-31-27)9-11-26(34)19-33/h5-8,10,12-16,25-26,33-34H,3-4,9,11,17-20H2,1-2H3. The molecule has 1 aromatic heterocycles. The Morgan fingerprint density at radius 2 is 1.78 bits per heavy atom. The molecule has 1 amide bonds. The Morgan fingerprint density at radius 1 is 1.03 bits per heavy atom. The normalized spacial score (nSPS) is 14.2. The van der Waals surface area contributed by atoms with Crippen LogP contribution < -0.4 is 9.47 Å². The maximum Gasteiger partial charge on any atom is 0.272 e. The van der Waals surface area contributed by atoms with Gasteiger partial charge in [0.05, 0.1) is 19.8 Å². The maximum absolute atomic E-state index is 12.9. The highest BCUT2D eigenvalue weighted by molar-refractivity contribution is 5.93. The van der Waals surface area contributed by atoms with Crippen molar-refractivity contribution < 1.29 is 24.5 Å². The molecule has 196 valence electrons. The molecule has 1 saturated heterocycles. The first-order valence-corrected chi connectivity index (χ1v) is 12.9. The number of amides is 1. The lowest BCUT2D eigenvalue weighted by Gasteiger charge is -2.39. The average molecular weight is 505 g/mol. The topological polar surface area (TPSA) is 92.1 Å². The molecule has 1 aliphatic rings. The fourth-order valence-electron chi connectivity index (χ4n) is 4.50. The van der Waals surface area contributed by atoms with Gasteiger partial charge in [-0.1, -0.05) is 43.7 Å². The van der Waals surface area contributed by atoms with E-state index >= 15 is 0 Å². The van der Waals surface area contributed by atoms with Crippen LogP contribution in [0.25, 0.3) is 0 Å². The summed E-state index contributed by atoms with van der Waals surface area (Å²) in [6.07, 6.45) is 4.09. The van der Waals surface area contributed by atoms with Crippen LogP contribution in [0.1, 0.15) is 58.4 Å². The predicted octanol–water partition coefficient (Wildman–Crippen LogP) is 4.15. The van der Waals surface area contributed by atoms with E-state index in [1.807, 2.05) is 24.3 Å². The molecule has 0 aliphatic carbocycles. The first-order valence-electron chi connectivity index (χ1n) is 12.9. The molecule has 7 nitrogen and oxygen atoms in total. The monoisotopic (exact) mass is 504 g/mol. The molecule has 0 spiro atoms. The predicted molar refractivity (Wildman–Crippen MR) is 142 cm³/mol. The van der Waals surface area contributed by atoms with E-state index in [1.165, 1.54) is 5.56 Å². The van der Waals surface area contributed by atoms with Crippen LogP contribution in [0, 0.1) is 0 Å². The second kappa shape index (κ2) is 12.7. The van der Waals surface area contributed by atoms with Gasteiger partial charge in [-0.2, -0.15) is 0 Å². The molecule has 1 fully saturated rings. The summed E-state index contributed by atoms with van der Waals surface area (Å²) >= 11 is 0. The Bertz CT molecular complexity index is 1170. The number of benzene rings is 2. The second-order valence-electron chi connectivity index (χ2n) is 9.60. The molecule has 1 aliphatic heterocycles. The van der Waals surface area contributed by atoms with Gasteiger partial charge < -0.3 is 24.6 Å². The third kappa shape index (κ3) is 6.87. The molecule has 1 atom stereocenters. The van der Waals surface area contributed by atoms with Crippen LogP contribution in [0.15, 0.2) is 60.8 Å². The van der Waals surface area contributed by atoms with Crippen molar-refractivity contribution in [3.8, 4) is 11.5 Å². The molecule has 3 aromatic rings. The van der Waals surface area contributed by atoms with Crippen LogP contribution in [-0.2, 0) is 19.4 Å². The van der Waals surface area contributed by atoms with Crippen LogP contribution in [0.3, 0.4) is 0 Å². The van der Waals surface area contributed by atoms with Gasteiger partial charge in [0.1, 0.15) is 12.3 Å². The van der Waals surface area contributed by atoms with Gasteiger partial charge in [0.15, 0.2) is 11.5 Å². The zero-order valence-electron chi connectivity index (χ0n) is 21.6. The number of hydrogen-bond donors (Lipinski definition) is 2. The van der Waals surface area contributed by atoms with E-state index in [9.17, 15) is 9.90 Å². The van der Waals surface area contributed by atoms with Crippen molar-refractivity contribution in [1.29, 1.82) is 0 Å². The number of hydrogen-bond acceptors (Lipinski definition) is 6. The van der Waals surface area contributed by atoms with Crippen LogP contribution in [0.5, 0.6) is 11.5 Å². The highest BCUT2D eigenvalue weighted by atomic mass is 16.5. The fourth-order valence-corrected chi connectivity index (χ4v) is 4.50. The number of methoxy groups -OCH3 is 1. The third-order valence-electron chi connectivity index (χ3n) is 6.80. The average Bonchev–Trinajstić information content (AvgIpc) is 2.91. The minimum Gasteiger partial charge on any atom is -0.493 e. The Morgan fingerprint density at radius 3 is 2.49 bits per heavy atom. The lowest BCUT2D eigenvalue weighted by atomic mass is 9.90. The summed E-state index contributed by atoms with van der Waals surface area (Å²) in [4.78, 5) is 19.0. The van der Waals surface area contributed by atoms with E-state index in [0.29, 0.717) is 49.7 Å². The zero-order chi connectivity index (χ0) is 26.2. The van der Waals surface area contributed by atoms with Crippen molar-refractivity contribution in [2.24, 2.45) is 0 Å². The van der Waals surface area contributed by atoms with Crippen molar-refractivity contribution in [2.75, 3.05) is 26.8 Å². The van der Waals surface area contributed by atoms with Crippen LogP contribution in [0.4, 0.5) is 0 Å². The van der Waals surface area contributed by atoms with Gasteiger partial charge in [-0.15, -0.1) is 0 Å². The third-order valence-corrected chi connectivity index (χ3v) is 6.80. The molecule has 4 rings (SSSR count). The van der Waals surface area contributed by atoms with Crippen LogP contribution in [-0.4, -0.2) is 58.9 Å². The van der Waals surface area contributed by atoms with Gasteiger partial charge in [0.2, 0.25) is 0 Å². The molecule has 0 bridgehead atoms. The first-order chi connectivity index (χ1) is 18.0. The number of aliphatic hydroxyl groups is 2. The number of carbonyl (C=O) groups is 1. The smallest absolute Gasteiger partial charge is 0.272 e. The summed E-state index contributed by atoms with van der Waals surface area (Å²) in [5.74, 6) is 1.51. The molecule has 7 heteroatoms. The van der Waals surface area contributed by atoms with Crippen molar-refractivity contribution in [2.45, 2.75) is 51.2 Å². The number of aliphatic hydroxyl groups excluding tert-OH is 2. The van der Waals surface area contributed by atoms with Gasteiger partial charge in [-0.05, 0) is 65.8 Å². The molecule has 37 heavy (non-hydrogen) atoms. The van der Waals surface area contributed by atoms with E-state index in [0.717, 1.165) is 29.5 Å². The largest absolute Gasteiger partial charge is 0.493 e. The summed E-state index contributed by atoms with van der Waals surface area (Å²) in [6.45, 7) is 3.61. The van der Waals surface area contributed by atoms with Crippen LogP contribution in [0.2, 0.25) is 0 Å². The molecular weight excluding hydrogens is 468 g/mol. The number of carbonyl (C=O) groups excluding carboxylic acids is 1. The van der Waals surface area contributed by atoms with E-state index < -0.39 is 6.10 Å². The number of likely N-dealkylation sites (tertiary alicyclic amines) is 1.